The highest BCUT2D eigenvalue weighted by atomic mass is 15.1. The normalized spacial score (nSPS) is 17.4. The zero-order chi connectivity index (χ0) is 44.7. The molecule has 4 aromatic heterocycles. The minimum Gasteiger partial charge on any atom is -0.294 e. The van der Waals surface area contributed by atoms with Gasteiger partial charge in [0, 0.05) is 44.9 Å². The van der Waals surface area contributed by atoms with Crippen LogP contribution in [0.1, 0.15) is 24.7 Å². The largest absolute Gasteiger partial charge is 0.294 e. The van der Waals surface area contributed by atoms with Crippen LogP contribution in [0.15, 0.2) is 151 Å². The van der Waals surface area contributed by atoms with Gasteiger partial charge in [0.15, 0.2) is 5.82 Å². The van der Waals surface area contributed by atoms with E-state index in [1.165, 1.54) is 16.8 Å². The van der Waals surface area contributed by atoms with Gasteiger partial charge in [0.1, 0.15) is 11.5 Å². The molecule has 0 atom stereocenters. The molecule has 0 aliphatic carbocycles. The first-order chi connectivity index (χ1) is 29.3. The Kier molecular flexibility index (Phi) is 2.80. The van der Waals surface area contributed by atoms with Crippen molar-refractivity contribution in [3.63, 3.8) is 0 Å². The Hall–Kier alpha value is -6.07. The molecule has 206 valence electrons. The van der Waals surface area contributed by atoms with E-state index in [4.69, 9.17) is 23.3 Å². The molecule has 5 heteroatoms. The Bertz CT molecular complexity index is 3420. The molecule has 0 saturated heterocycles. The summed E-state index contributed by atoms with van der Waals surface area (Å²) in [6.45, 7) is 0. The number of benzene rings is 5. The number of aromatic nitrogens is 5. The highest BCUT2D eigenvalue weighted by Crippen LogP contribution is 2.37. The summed E-state index contributed by atoms with van der Waals surface area (Å²) in [6, 6.07) is -2.34. The van der Waals surface area contributed by atoms with Crippen LogP contribution in [-0.4, -0.2) is 24.1 Å². The van der Waals surface area contributed by atoms with Crippen LogP contribution in [0.3, 0.4) is 0 Å². The Morgan fingerprint density at radius 2 is 1.16 bits per heavy atom. The number of pyridine rings is 1. The molecule has 0 aliphatic rings. The molecule has 44 heavy (non-hydrogen) atoms. The van der Waals surface area contributed by atoms with Crippen molar-refractivity contribution < 1.29 is 24.7 Å². The summed E-state index contributed by atoms with van der Waals surface area (Å²) in [5.41, 5.74) is -1.27. The van der Waals surface area contributed by atoms with Crippen LogP contribution in [-0.2, 0) is 0 Å². The summed E-state index contributed by atoms with van der Waals surface area (Å²) in [5, 5.41) is -0.162. The second kappa shape index (κ2) is 9.75. The fourth-order valence-electron chi connectivity index (χ4n) is 5.38. The lowest BCUT2D eigenvalue weighted by Gasteiger charge is -2.15. The Balaban J connectivity index is 1.52. The van der Waals surface area contributed by atoms with Crippen molar-refractivity contribution in [1.29, 1.82) is 0 Å². The molecule has 0 unspecified atom stereocenters. The van der Waals surface area contributed by atoms with Gasteiger partial charge in [0.05, 0.1) is 52.6 Å². The molecule has 0 saturated carbocycles. The number of fused-ring (bicyclic) bond motifs is 6. The van der Waals surface area contributed by atoms with Gasteiger partial charge in [-0.1, -0.05) is 103 Å². The van der Waals surface area contributed by atoms with Gasteiger partial charge < -0.3 is 0 Å². The van der Waals surface area contributed by atoms with Crippen LogP contribution >= 0.6 is 0 Å². The van der Waals surface area contributed by atoms with E-state index in [-0.39, 0.29) is 50.3 Å². The van der Waals surface area contributed by atoms with Gasteiger partial charge in [-0.15, -0.1) is 0 Å². The molecular weight excluding hydrogens is 538 g/mol. The van der Waals surface area contributed by atoms with Gasteiger partial charge in [0.25, 0.3) is 0 Å². The first-order valence-electron chi connectivity index (χ1n) is 22.3. The zero-order valence-electron chi connectivity index (χ0n) is 40.3. The summed E-state index contributed by atoms with van der Waals surface area (Å²) < 4.78 is 160. The third kappa shape index (κ3) is 3.69. The average Bonchev–Trinajstić information content (AvgIpc) is 3.81. The molecule has 0 radical (unpaired) electrons. The van der Waals surface area contributed by atoms with E-state index in [1.54, 1.807) is 30.3 Å². The molecule has 5 aromatic carbocycles. The lowest BCUT2D eigenvalue weighted by molar-refractivity contribution is 1.04. The first-order valence-corrected chi connectivity index (χ1v) is 13.3. The number of nitrogens with zero attached hydrogens (tertiary/aromatic N) is 5. The molecule has 0 amide bonds. The summed E-state index contributed by atoms with van der Waals surface area (Å²) >= 11 is 0. The fourth-order valence-corrected chi connectivity index (χ4v) is 5.38. The maximum atomic E-state index is 9.85. The fraction of sp³-hybridized carbons (Fsp3) is 0. The monoisotopic (exact) mass is 581 g/mol. The van der Waals surface area contributed by atoms with E-state index in [9.17, 15) is 1.37 Å². The minimum atomic E-state index is -0.756. The van der Waals surface area contributed by atoms with Gasteiger partial charge in [0.2, 0.25) is 0 Å². The molecule has 5 nitrogen and oxygen atoms in total. The number of rotatable bonds is 4. The Labute approximate surface area is 278 Å². The maximum absolute atomic E-state index is 9.85. The van der Waals surface area contributed by atoms with E-state index in [1.807, 2.05) is 0 Å². The second-order valence-corrected chi connectivity index (χ2v) is 9.58. The van der Waals surface area contributed by atoms with Crippen LogP contribution < -0.4 is 0 Å². The zero-order valence-corrected chi connectivity index (χ0v) is 22.3. The number of hydrogen-bond acceptors (Lipinski definition) is 3. The van der Waals surface area contributed by atoms with Crippen LogP contribution in [0.25, 0.3) is 77.9 Å². The van der Waals surface area contributed by atoms with E-state index in [0.717, 1.165) is 4.57 Å². The standard InChI is InChI=1S/C39H25N5/c1-2-13-26(14-3-1)38-41-32(25-37(42-38)43-33-20-8-4-15-27(33)28-16-5-9-21-34(28)43)31-18-7-11-23-36(31)44-35-22-10-6-17-29(35)30-19-12-24-40-39(30)44/h1-25H/i1D,2D,3D,4D,5D,6D,8D,9D,10D,13D,14D,15D,16D,17D,20D,21D,22D,25D. The van der Waals surface area contributed by atoms with Crippen LogP contribution in [0.4, 0.5) is 0 Å². The molecule has 9 aromatic rings. The molecule has 9 rings (SSSR count). The number of para-hydroxylation sites is 4. The maximum Gasteiger partial charge on any atom is 0.162 e. The van der Waals surface area contributed by atoms with Gasteiger partial charge in [-0.3, -0.25) is 9.13 Å². The minimum absolute atomic E-state index is 0.0122. The smallest absolute Gasteiger partial charge is 0.162 e. The van der Waals surface area contributed by atoms with E-state index in [2.05, 4.69) is 15.0 Å². The molecule has 0 aliphatic heterocycles. The van der Waals surface area contributed by atoms with Crippen molar-refractivity contribution in [3.8, 4) is 34.2 Å². The predicted octanol–water partition coefficient (Wildman–Crippen LogP) is 9.40. The topological polar surface area (TPSA) is 48.5 Å². The number of hydrogen-bond donors (Lipinski definition) is 0. The summed E-state index contributed by atoms with van der Waals surface area (Å²) in [7, 11) is 0. The van der Waals surface area contributed by atoms with Crippen LogP contribution in [0.5, 0.6) is 0 Å². The van der Waals surface area contributed by atoms with Crippen LogP contribution in [0, 0.1) is 0 Å². The third-order valence-electron chi connectivity index (χ3n) is 7.19. The van der Waals surface area contributed by atoms with Gasteiger partial charge in [-0.25, -0.2) is 15.0 Å². The summed E-state index contributed by atoms with van der Waals surface area (Å²) in [4.78, 5) is 13.8. The molecule has 0 N–H and O–H groups in total. The highest BCUT2D eigenvalue weighted by Gasteiger charge is 2.20. The molecule has 0 fully saturated rings. The molecule has 0 spiro atoms. The van der Waals surface area contributed by atoms with E-state index < -0.39 is 131 Å². The van der Waals surface area contributed by atoms with Crippen molar-refractivity contribution in [2.75, 3.05) is 0 Å². The quantitative estimate of drug-likeness (QED) is 0.208. The van der Waals surface area contributed by atoms with E-state index in [0.29, 0.717) is 5.39 Å². The van der Waals surface area contributed by atoms with E-state index >= 15 is 0 Å². The Morgan fingerprint density at radius 1 is 0.545 bits per heavy atom. The van der Waals surface area contributed by atoms with Crippen molar-refractivity contribution in [3.05, 3.63) is 151 Å². The Morgan fingerprint density at radius 3 is 1.89 bits per heavy atom. The highest BCUT2D eigenvalue weighted by molar-refractivity contribution is 6.10. The van der Waals surface area contributed by atoms with Crippen molar-refractivity contribution in [2.24, 2.45) is 0 Å². The first kappa shape index (κ1) is 12.7. The molecule has 0 bridgehead atoms. The third-order valence-corrected chi connectivity index (χ3v) is 7.19. The lowest BCUT2D eigenvalue weighted by atomic mass is 10.1. The molecular formula is C39H25N5. The van der Waals surface area contributed by atoms with Gasteiger partial charge >= 0.3 is 0 Å². The lowest BCUT2D eigenvalue weighted by Crippen LogP contribution is -2.04. The predicted molar refractivity (Wildman–Crippen MR) is 179 cm³/mol. The van der Waals surface area contributed by atoms with Crippen molar-refractivity contribution >= 4 is 43.7 Å². The SMILES string of the molecule is [2H]c1c(-c2ccccc2-n2c3ncccc3c3c([2H])c([2H])c([2H])c([2H])c32)nc(-c2c([2H])c([2H])c([2H])c([2H])c2[2H])nc1-n1c2c([2H])c([2H])c([2H])c([2H])c2c2c([2H])c([2H])c([2H])c([2H])c21. The van der Waals surface area contributed by atoms with Crippen molar-refractivity contribution in [2.45, 2.75) is 0 Å². The summed E-state index contributed by atoms with van der Waals surface area (Å²) in [6.07, 6.45) is 1.46. The second-order valence-electron chi connectivity index (χ2n) is 9.58. The average molecular weight is 582 g/mol. The molecule has 4 heterocycles. The van der Waals surface area contributed by atoms with Crippen molar-refractivity contribution in [1.82, 2.24) is 24.1 Å². The van der Waals surface area contributed by atoms with Gasteiger partial charge in [-0.05, 0) is 36.3 Å². The van der Waals surface area contributed by atoms with Crippen LogP contribution in [0.2, 0.25) is 0 Å². The van der Waals surface area contributed by atoms with Gasteiger partial charge in [-0.2, -0.15) is 0 Å². The summed E-state index contributed by atoms with van der Waals surface area (Å²) in [5.74, 6) is -1.14.